The maximum absolute atomic E-state index is 11.8. The van der Waals surface area contributed by atoms with Gasteiger partial charge in [0.2, 0.25) is 5.91 Å². The molecule has 1 heterocycles. The molecule has 2 aromatic rings. The lowest BCUT2D eigenvalue weighted by Crippen LogP contribution is -2.25. The Morgan fingerprint density at radius 1 is 1.12 bits per heavy atom. The van der Waals surface area contributed by atoms with Crippen LogP contribution in [0.3, 0.4) is 0 Å². The van der Waals surface area contributed by atoms with Crippen LogP contribution in [-0.4, -0.2) is 30.1 Å². The first-order valence-corrected chi connectivity index (χ1v) is 8.53. The summed E-state index contributed by atoms with van der Waals surface area (Å²) in [6.07, 6.45) is 3.79. The Morgan fingerprint density at radius 2 is 1.92 bits per heavy atom. The van der Waals surface area contributed by atoms with E-state index >= 15 is 0 Å². The van der Waals surface area contributed by atoms with E-state index in [1.54, 1.807) is 10.6 Å². The van der Waals surface area contributed by atoms with Crippen molar-refractivity contribution in [1.82, 2.24) is 9.88 Å². The Kier molecular flexibility index (Phi) is 7.25. The van der Waals surface area contributed by atoms with Gasteiger partial charge in [0, 0.05) is 25.9 Å². The van der Waals surface area contributed by atoms with Gasteiger partial charge in [-0.1, -0.05) is 18.6 Å². The number of fused-ring (bicyclic) bond motifs is 1. The third-order valence-electron chi connectivity index (χ3n) is 3.97. The summed E-state index contributed by atoms with van der Waals surface area (Å²) in [7, 11) is 1.38. The number of esters is 1. The Labute approximate surface area is 145 Å². The molecule has 7 heteroatoms. The molecular weight excluding hydrogens is 324 g/mol. The van der Waals surface area contributed by atoms with Crippen molar-refractivity contribution < 1.29 is 18.7 Å². The average Bonchev–Trinajstić information content (AvgIpc) is 2.93. The number of carbonyl (C=O) groups excluding carboxylic acids is 2. The molecule has 0 fully saturated rings. The van der Waals surface area contributed by atoms with Crippen molar-refractivity contribution in [3.05, 3.63) is 34.8 Å². The minimum Gasteiger partial charge on any atom is -0.469 e. The minimum atomic E-state index is -0.396. The summed E-state index contributed by atoms with van der Waals surface area (Å²) in [5.74, 6) is -0.632. The number of unbranched alkanes of at least 4 members (excludes halogenated alkanes) is 2. The van der Waals surface area contributed by atoms with Gasteiger partial charge in [0.25, 0.3) is 0 Å². The first-order chi connectivity index (χ1) is 12.1. The molecule has 0 spiro atoms. The molecule has 0 aliphatic rings. The number of nitrogens with zero attached hydrogens (tertiary/aromatic N) is 1. The Bertz CT molecular complexity index is 762. The lowest BCUT2D eigenvalue weighted by atomic mass is 10.2. The molecule has 2 rings (SSSR count). The number of aromatic nitrogens is 1. The van der Waals surface area contributed by atoms with E-state index in [9.17, 15) is 14.4 Å². The number of oxazole rings is 1. The molecule has 0 unspecified atom stereocenters. The Balaban J connectivity index is 1.63. The molecular formula is C18H24N2O5. The number of rotatable bonds is 10. The van der Waals surface area contributed by atoms with E-state index in [0.717, 1.165) is 24.8 Å². The van der Waals surface area contributed by atoms with Gasteiger partial charge in [-0.2, -0.15) is 0 Å². The van der Waals surface area contributed by atoms with Gasteiger partial charge in [-0.15, -0.1) is 0 Å². The Hall–Kier alpha value is -2.57. The maximum Gasteiger partial charge on any atom is 0.419 e. The van der Waals surface area contributed by atoms with Crippen LogP contribution in [0.25, 0.3) is 11.1 Å². The number of hydrogen-bond acceptors (Lipinski definition) is 5. The molecule has 25 heavy (non-hydrogen) atoms. The number of methoxy groups -OCH3 is 1. The van der Waals surface area contributed by atoms with Crippen LogP contribution >= 0.6 is 0 Å². The van der Waals surface area contributed by atoms with E-state index in [1.807, 2.05) is 18.2 Å². The predicted octanol–water partition coefficient (Wildman–Crippen LogP) is 2.22. The van der Waals surface area contributed by atoms with Gasteiger partial charge in [0.15, 0.2) is 5.58 Å². The number of benzene rings is 1. The average molecular weight is 348 g/mol. The fraction of sp³-hybridized carbons (Fsp3) is 0.500. The van der Waals surface area contributed by atoms with Crippen molar-refractivity contribution in [3.8, 4) is 0 Å². The molecule has 0 radical (unpaired) electrons. The molecule has 0 saturated carbocycles. The van der Waals surface area contributed by atoms with Crippen LogP contribution in [-0.2, 0) is 20.9 Å². The fourth-order valence-electron chi connectivity index (χ4n) is 2.61. The number of carbonyl (C=O) groups is 2. The first kappa shape index (κ1) is 18.8. The molecule has 0 bridgehead atoms. The molecule has 1 amide bonds. The largest absolute Gasteiger partial charge is 0.469 e. The lowest BCUT2D eigenvalue weighted by Gasteiger charge is -2.05. The molecule has 0 saturated heterocycles. The zero-order chi connectivity index (χ0) is 18.1. The second-order valence-corrected chi connectivity index (χ2v) is 5.83. The van der Waals surface area contributed by atoms with E-state index in [1.165, 1.54) is 7.11 Å². The van der Waals surface area contributed by atoms with Gasteiger partial charge in [-0.25, -0.2) is 4.79 Å². The zero-order valence-electron chi connectivity index (χ0n) is 14.5. The first-order valence-electron chi connectivity index (χ1n) is 8.53. The van der Waals surface area contributed by atoms with Crippen molar-refractivity contribution >= 4 is 23.0 Å². The smallest absolute Gasteiger partial charge is 0.419 e. The molecule has 1 aromatic heterocycles. The highest BCUT2D eigenvalue weighted by Crippen LogP contribution is 2.12. The molecule has 0 atom stereocenters. The summed E-state index contributed by atoms with van der Waals surface area (Å²) in [5.41, 5.74) is 1.31. The van der Waals surface area contributed by atoms with Gasteiger partial charge in [0.1, 0.15) is 0 Å². The van der Waals surface area contributed by atoms with E-state index in [-0.39, 0.29) is 11.9 Å². The number of hydrogen-bond donors (Lipinski definition) is 1. The van der Waals surface area contributed by atoms with E-state index in [2.05, 4.69) is 10.1 Å². The third kappa shape index (κ3) is 5.77. The van der Waals surface area contributed by atoms with Gasteiger partial charge in [-0.05, 0) is 31.4 Å². The highest BCUT2D eigenvalue weighted by molar-refractivity contribution is 5.76. The third-order valence-corrected chi connectivity index (χ3v) is 3.97. The molecule has 1 aromatic carbocycles. The summed E-state index contributed by atoms with van der Waals surface area (Å²) in [5, 5.41) is 2.85. The molecule has 0 aliphatic heterocycles. The van der Waals surface area contributed by atoms with Crippen molar-refractivity contribution in [1.29, 1.82) is 0 Å². The van der Waals surface area contributed by atoms with E-state index in [4.69, 9.17) is 4.42 Å². The van der Waals surface area contributed by atoms with Gasteiger partial charge in [-0.3, -0.25) is 14.2 Å². The van der Waals surface area contributed by atoms with Crippen LogP contribution in [0.15, 0.2) is 33.5 Å². The number of amides is 1. The summed E-state index contributed by atoms with van der Waals surface area (Å²) in [6, 6.07) is 7.24. The topological polar surface area (TPSA) is 90.5 Å². The number of ether oxygens (including phenoxy) is 1. The van der Waals surface area contributed by atoms with Crippen LogP contribution in [0, 0.1) is 0 Å². The number of para-hydroxylation sites is 2. The fourth-order valence-corrected chi connectivity index (χ4v) is 2.61. The normalized spacial score (nSPS) is 10.8. The monoisotopic (exact) mass is 348 g/mol. The second kappa shape index (κ2) is 9.66. The van der Waals surface area contributed by atoms with Gasteiger partial charge < -0.3 is 14.5 Å². The maximum atomic E-state index is 11.8. The van der Waals surface area contributed by atoms with Crippen molar-refractivity contribution in [2.75, 3.05) is 13.7 Å². The number of aryl methyl sites for hydroxylation is 1. The molecule has 7 nitrogen and oxygen atoms in total. The van der Waals surface area contributed by atoms with Gasteiger partial charge >= 0.3 is 11.7 Å². The zero-order valence-corrected chi connectivity index (χ0v) is 14.5. The Morgan fingerprint density at radius 3 is 2.72 bits per heavy atom. The van der Waals surface area contributed by atoms with Crippen LogP contribution in [0.4, 0.5) is 0 Å². The van der Waals surface area contributed by atoms with E-state index in [0.29, 0.717) is 37.9 Å². The summed E-state index contributed by atoms with van der Waals surface area (Å²) in [4.78, 5) is 34.6. The van der Waals surface area contributed by atoms with Crippen LogP contribution in [0.2, 0.25) is 0 Å². The summed E-state index contributed by atoms with van der Waals surface area (Å²) >= 11 is 0. The summed E-state index contributed by atoms with van der Waals surface area (Å²) in [6.45, 7) is 1.04. The molecule has 136 valence electrons. The molecule has 0 aliphatic carbocycles. The SMILES string of the molecule is COC(=O)CCCCCNC(=O)CCCn1c(=O)oc2ccccc21. The van der Waals surface area contributed by atoms with Crippen molar-refractivity contribution in [2.45, 2.75) is 45.1 Å². The number of nitrogens with one attached hydrogen (secondary N) is 1. The van der Waals surface area contributed by atoms with Crippen LogP contribution < -0.4 is 11.1 Å². The lowest BCUT2D eigenvalue weighted by molar-refractivity contribution is -0.140. The standard InChI is InChI=1S/C18H24N2O5/c1-24-17(22)11-3-2-6-12-19-16(21)10-7-13-20-14-8-4-5-9-15(14)25-18(20)23/h4-5,8-9H,2-3,6-7,10-13H2,1H3,(H,19,21). The van der Waals surface area contributed by atoms with Crippen LogP contribution in [0.1, 0.15) is 38.5 Å². The second-order valence-electron chi connectivity index (χ2n) is 5.83. The van der Waals surface area contributed by atoms with Crippen molar-refractivity contribution in [3.63, 3.8) is 0 Å². The molecule has 1 N–H and O–H groups in total. The highest BCUT2D eigenvalue weighted by Gasteiger charge is 2.09. The predicted molar refractivity (Wildman–Crippen MR) is 93.2 cm³/mol. The van der Waals surface area contributed by atoms with Gasteiger partial charge in [0.05, 0.1) is 12.6 Å². The summed E-state index contributed by atoms with van der Waals surface area (Å²) < 4.78 is 11.3. The highest BCUT2D eigenvalue weighted by atomic mass is 16.5. The quantitative estimate of drug-likeness (QED) is 0.525. The van der Waals surface area contributed by atoms with Crippen LogP contribution in [0.5, 0.6) is 0 Å². The van der Waals surface area contributed by atoms with E-state index < -0.39 is 5.76 Å². The van der Waals surface area contributed by atoms with Crippen molar-refractivity contribution in [2.24, 2.45) is 0 Å². The minimum absolute atomic E-state index is 0.0335.